The molecule has 0 aliphatic rings. The van der Waals surface area contributed by atoms with E-state index >= 15 is 0 Å². The molecule has 0 aromatic carbocycles. The van der Waals surface area contributed by atoms with E-state index in [0.29, 0.717) is 10.7 Å². The quantitative estimate of drug-likeness (QED) is 0.479. The summed E-state index contributed by atoms with van der Waals surface area (Å²) in [6.07, 6.45) is 3.35. The molecule has 2 heterocycles. The van der Waals surface area contributed by atoms with Gasteiger partial charge in [-0.2, -0.15) is 5.10 Å². The summed E-state index contributed by atoms with van der Waals surface area (Å²) in [5.74, 6) is 0.00836. The van der Waals surface area contributed by atoms with Gasteiger partial charge in [0.2, 0.25) is 0 Å². The Morgan fingerprint density at radius 1 is 1.41 bits per heavy atom. The zero-order chi connectivity index (χ0) is 12.4. The van der Waals surface area contributed by atoms with Crippen LogP contribution in [0.15, 0.2) is 28.6 Å². The molecule has 7 heteroatoms. The first-order valence-corrected chi connectivity index (χ1v) is 5.74. The summed E-state index contributed by atoms with van der Waals surface area (Å²) in [5, 5.41) is 13.2. The lowest BCUT2D eigenvalue weighted by Crippen LogP contribution is -2.13. The summed E-state index contributed by atoms with van der Waals surface area (Å²) in [4.78, 5) is 8.25. The number of nitrogens with two attached hydrogens (primary N) is 1. The first-order valence-electron chi connectivity index (χ1n) is 4.92. The van der Waals surface area contributed by atoms with Crippen molar-refractivity contribution >= 4 is 17.6 Å². The lowest BCUT2D eigenvalue weighted by molar-refractivity contribution is 0.690. The number of amidine groups is 1. The first-order chi connectivity index (χ1) is 8.09. The van der Waals surface area contributed by atoms with Crippen LogP contribution in [0.1, 0.15) is 11.3 Å². The molecule has 0 bridgehead atoms. The SMILES string of the molecule is Cc1nn(C)c(Sc2ncccn2)c1C(=N)N. The average Bonchev–Trinajstić information content (AvgIpc) is 2.55. The summed E-state index contributed by atoms with van der Waals surface area (Å²) in [6.45, 7) is 1.83. The Hall–Kier alpha value is -1.89. The third-order valence-electron chi connectivity index (χ3n) is 2.17. The highest BCUT2D eigenvalue weighted by Crippen LogP contribution is 2.28. The van der Waals surface area contributed by atoms with Crippen molar-refractivity contribution < 1.29 is 0 Å². The van der Waals surface area contributed by atoms with Gasteiger partial charge in [-0.15, -0.1) is 0 Å². The van der Waals surface area contributed by atoms with Gasteiger partial charge in [0.15, 0.2) is 5.16 Å². The van der Waals surface area contributed by atoms with Crippen LogP contribution in [0.2, 0.25) is 0 Å². The van der Waals surface area contributed by atoms with Crippen molar-refractivity contribution in [1.29, 1.82) is 5.41 Å². The molecule has 0 saturated heterocycles. The van der Waals surface area contributed by atoms with Crippen molar-refractivity contribution in [3.8, 4) is 0 Å². The van der Waals surface area contributed by atoms with Gasteiger partial charge in [0.25, 0.3) is 0 Å². The third kappa shape index (κ3) is 2.28. The minimum atomic E-state index is 0.00836. The highest BCUT2D eigenvalue weighted by molar-refractivity contribution is 7.99. The van der Waals surface area contributed by atoms with Gasteiger partial charge in [-0.3, -0.25) is 10.1 Å². The van der Waals surface area contributed by atoms with Crippen molar-refractivity contribution in [2.24, 2.45) is 12.8 Å². The largest absolute Gasteiger partial charge is 0.384 e. The number of hydrogen-bond donors (Lipinski definition) is 2. The minimum Gasteiger partial charge on any atom is -0.384 e. The maximum atomic E-state index is 7.57. The van der Waals surface area contributed by atoms with Crippen molar-refractivity contribution in [1.82, 2.24) is 19.7 Å². The molecule has 2 rings (SSSR count). The Kier molecular flexibility index (Phi) is 3.10. The van der Waals surface area contributed by atoms with Gasteiger partial charge in [-0.1, -0.05) is 0 Å². The smallest absolute Gasteiger partial charge is 0.193 e. The Bertz CT molecular complexity index is 547. The number of rotatable bonds is 3. The highest BCUT2D eigenvalue weighted by Gasteiger charge is 2.17. The van der Waals surface area contributed by atoms with E-state index in [1.807, 2.05) is 14.0 Å². The molecule has 0 aliphatic carbocycles. The fourth-order valence-electron chi connectivity index (χ4n) is 1.49. The second-order valence-corrected chi connectivity index (χ2v) is 4.39. The molecule has 0 saturated carbocycles. The zero-order valence-corrected chi connectivity index (χ0v) is 10.3. The van der Waals surface area contributed by atoms with E-state index in [0.717, 1.165) is 10.7 Å². The Morgan fingerprint density at radius 2 is 2.06 bits per heavy atom. The number of nitrogens with zero attached hydrogens (tertiary/aromatic N) is 4. The van der Waals surface area contributed by atoms with Crippen LogP contribution in [0, 0.1) is 12.3 Å². The maximum absolute atomic E-state index is 7.57. The maximum Gasteiger partial charge on any atom is 0.193 e. The first kappa shape index (κ1) is 11.6. The molecule has 0 spiro atoms. The molecule has 17 heavy (non-hydrogen) atoms. The summed E-state index contributed by atoms with van der Waals surface area (Å²) in [5.41, 5.74) is 6.94. The molecule has 2 aromatic rings. The van der Waals surface area contributed by atoms with E-state index in [2.05, 4.69) is 15.1 Å². The fraction of sp³-hybridized carbons (Fsp3) is 0.200. The fourth-order valence-corrected chi connectivity index (χ4v) is 2.42. The van der Waals surface area contributed by atoms with Crippen molar-refractivity contribution in [3.05, 3.63) is 29.7 Å². The second-order valence-electron chi connectivity index (χ2n) is 3.44. The molecule has 0 amide bonds. The number of aromatic nitrogens is 4. The van der Waals surface area contributed by atoms with Crippen LogP contribution in [0.5, 0.6) is 0 Å². The molecular weight excluding hydrogens is 236 g/mol. The van der Waals surface area contributed by atoms with Crippen LogP contribution in [0.3, 0.4) is 0 Å². The lowest BCUT2D eigenvalue weighted by atomic mass is 10.2. The van der Waals surface area contributed by atoms with Crippen LogP contribution in [0.4, 0.5) is 0 Å². The summed E-state index contributed by atoms with van der Waals surface area (Å²) >= 11 is 1.35. The Balaban J connectivity index is 2.42. The molecule has 0 fully saturated rings. The Labute approximate surface area is 103 Å². The van der Waals surface area contributed by atoms with Crippen LogP contribution in [0.25, 0.3) is 0 Å². The van der Waals surface area contributed by atoms with Crippen LogP contribution >= 0.6 is 11.8 Å². The van der Waals surface area contributed by atoms with E-state index in [1.165, 1.54) is 11.8 Å². The molecule has 0 aliphatic heterocycles. The second kappa shape index (κ2) is 4.54. The van der Waals surface area contributed by atoms with Gasteiger partial charge in [-0.25, -0.2) is 9.97 Å². The molecule has 2 aromatic heterocycles. The standard InChI is InChI=1S/C10H12N6S/c1-6-7(8(11)12)9(16(2)15-6)17-10-13-4-3-5-14-10/h3-5H,1-2H3,(H3,11,12). The minimum absolute atomic E-state index is 0.00836. The van der Waals surface area contributed by atoms with E-state index in [-0.39, 0.29) is 5.84 Å². The van der Waals surface area contributed by atoms with E-state index < -0.39 is 0 Å². The number of hydrogen-bond acceptors (Lipinski definition) is 5. The lowest BCUT2D eigenvalue weighted by Gasteiger charge is -2.03. The molecule has 0 unspecified atom stereocenters. The predicted molar refractivity (Wildman–Crippen MR) is 65.1 cm³/mol. The summed E-state index contributed by atoms with van der Waals surface area (Å²) in [7, 11) is 1.81. The monoisotopic (exact) mass is 248 g/mol. The van der Waals surface area contributed by atoms with E-state index in [9.17, 15) is 0 Å². The normalized spacial score (nSPS) is 10.5. The van der Waals surface area contributed by atoms with Gasteiger partial charge in [-0.05, 0) is 24.8 Å². The van der Waals surface area contributed by atoms with Crippen molar-refractivity contribution in [3.63, 3.8) is 0 Å². The molecular formula is C10H12N6S. The summed E-state index contributed by atoms with van der Waals surface area (Å²) in [6, 6.07) is 1.75. The van der Waals surface area contributed by atoms with Crippen LogP contribution in [-0.4, -0.2) is 25.6 Å². The predicted octanol–water partition coefficient (Wildman–Crippen LogP) is 0.954. The molecule has 6 nitrogen and oxygen atoms in total. The highest BCUT2D eigenvalue weighted by atomic mass is 32.2. The van der Waals surface area contributed by atoms with Crippen LogP contribution in [-0.2, 0) is 7.05 Å². The van der Waals surface area contributed by atoms with Gasteiger partial charge in [0.05, 0.1) is 11.3 Å². The van der Waals surface area contributed by atoms with Gasteiger partial charge < -0.3 is 5.73 Å². The zero-order valence-electron chi connectivity index (χ0n) is 9.51. The van der Waals surface area contributed by atoms with E-state index in [1.54, 1.807) is 23.1 Å². The molecule has 3 N–H and O–H groups in total. The van der Waals surface area contributed by atoms with E-state index in [4.69, 9.17) is 11.1 Å². The number of aryl methyl sites for hydroxylation is 2. The van der Waals surface area contributed by atoms with Gasteiger partial charge in [0, 0.05) is 19.4 Å². The number of nitrogen functional groups attached to an aromatic ring is 1. The Morgan fingerprint density at radius 3 is 2.65 bits per heavy atom. The average molecular weight is 248 g/mol. The number of nitrogens with one attached hydrogen (secondary N) is 1. The van der Waals surface area contributed by atoms with Gasteiger partial charge in [0.1, 0.15) is 10.9 Å². The van der Waals surface area contributed by atoms with Crippen molar-refractivity contribution in [2.45, 2.75) is 17.1 Å². The topological polar surface area (TPSA) is 93.5 Å². The van der Waals surface area contributed by atoms with Crippen LogP contribution < -0.4 is 5.73 Å². The summed E-state index contributed by atoms with van der Waals surface area (Å²) < 4.78 is 1.69. The van der Waals surface area contributed by atoms with Crippen molar-refractivity contribution in [2.75, 3.05) is 0 Å². The molecule has 88 valence electrons. The molecule has 0 atom stereocenters. The molecule has 0 radical (unpaired) electrons. The van der Waals surface area contributed by atoms with Gasteiger partial charge >= 0.3 is 0 Å². The third-order valence-corrected chi connectivity index (χ3v) is 3.22.